The van der Waals surface area contributed by atoms with Gasteiger partial charge >= 0.3 is 0 Å². The highest BCUT2D eigenvalue weighted by molar-refractivity contribution is 7.98. The molecule has 5 heteroatoms. The number of aromatic nitrogens is 2. The highest BCUT2D eigenvalue weighted by Crippen LogP contribution is 2.15. The molecule has 0 bridgehead atoms. The van der Waals surface area contributed by atoms with E-state index in [1.165, 1.54) is 12.8 Å². The Morgan fingerprint density at radius 3 is 3.20 bits per heavy atom. The molecule has 0 aromatic carbocycles. The maximum absolute atomic E-state index is 4.22. The third-order valence-corrected chi connectivity index (χ3v) is 3.14. The topological polar surface area (TPSA) is 49.8 Å². The molecule has 1 fully saturated rings. The largest absolute Gasteiger partial charge is 0.366 e. The summed E-state index contributed by atoms with van der Waals surface area (Å²) in [6.07, 6.45) is 6.09. The van der Waals surface area contributed by atoms with E-state index in [4.69, 9.17) is 0 Å². The molecule has 2 heterocycles. The van der Waals surface area contributed by atoms with Gasteiger partial charge in [0.05, 0.1) is 0 Å². The smallest absolute Gasteiger partial charge is 0.130 e. The van der Waals surface area contributed by atoms with Crippen LogP contribution in [0.2, 0.25) is 0 Å². The molecule has 1 aliphatic heterocycles. The number of nitrogens with zero attached hydrogens (tertiary/aromatic N) is 2. The van der Waals surface area contributed by atoms with Crippen molar-refractivity contribution >= 4 is 17.6 Å². The Labute approximate surface area is 94.3 Å². The second-order valence-corrected chi connectivity index (χ2v) is 4.46. The summed E-state index contributed by atoms with van der Waals surface area (Å²) in [6, 6.07) is 2.50. The van der Waals surface area contributed by atoms with Gasteiger partial charge in [0.25, 0.3) is 0 Å². The molecular weight excluding hydrogens is 208 g/mol. The summed E-state index contributed by atoms with van der Waals surface area (Å²) in [5.74, 6) is 0.933. The van der Waals surface area contributed by atoms with Gasteiger partial charge in [-0.25, -0.2) is 9.97 Å². The predicted molar refractivity (Wildman–Crippen MR) is 63.3 cm³/mol. The number of hydrogen-bond donors (Lipinski definition) is 2. The van der Waals surface area contributed by atoms with Crippen LogP contribution in [0.4, 0.5) is 5.82 Å². The molecule has 0 saturated carbocycles. The maximum atomic E-state index is 4.22. The van der Waals surface area contributed by atoms with E-state index in [0.717, 1.165) is 23.9 Å². The highest BCUT2D eigenvalue weighted by atomic mass is 32.2. The van der Waals surface area contributed by atoms with Crippen LogP contribution in [0.5, 0.6) is 0 Å². The first kappa shape index (κ1) is 10.7. The first-order chi connectivity index (χ1) is 7.38. The molecule has 2 N–H and O–H groups in total. The van der Waals surface area contributed by atoms with Crippen LogP contribution >= 0.6 is 11.8 Å². The van der Waals surface area contributed by atoms with Crippen molar-refractivity contribution in [1.82, 2.24) is 15.3 Å². The minimum Gasteiger partial charge on any atom is -0.366 e. The molecule has 15 heavy (non-hydrogen) atoms. The molecule has 1 aromatic heterocycles. The average Bonchev–Trinajstić information content (AvgIpc) is 2.31. The lowest BCUT2D eigenvalue weighted by Crippen LogP contribution is -2.38. The van der Waals surface area contributed by atoms with Gasteiger partial charge in [0.1, 0.15) is 17.2 Å². The Hall–Kier alpha value is -0.810. The van der Waals surface area contributed by atoms with Gasteiger partial charge in [-0.1, -0.05) is 0 Å². The second-order valence-electron chi connectivity index (χ2n) is 3.63. The van der Waals surface area contributed by atoms with Gasteiger partial charge < -0.3 is 10.6 Å². The van der Waals surface area contributed by atoms with Crippen LogP contribution in [-0.2, 0) is 0 Å². The molecule has 0 radical (unpaired) electrons. The fourth-order valence-electron chi connectivity index (χ4n) is 1.71. The monoisotopic (exact) mass is 224 g/mol. The van der Waals surface area contributed by atoms with E-state index in [-0.39, 0.29) is 0 Å². The lowest BCUT2D eigenvalue weighted by molar-refractivity contribution is 0.479. The van der Waals surface area contributed by atoms with Gasteiger partial charge in [-0.05, 0) is 25.6 Å². The molecule has 82 valence electrons. The van der Waals surface area contributed by atoms with Gasteiger partial charge in [0, 0.05) is 18.7 Å². The number of hydrogen-bond acceptors (Lipinski definition) is 5. The van der Waals surface area contributed by atoms with Gasteiger partial charge in [-0.15, -0.1) is 11.8 Å². The molecule has 1 atom stereocenters. The molecule has 1 aromatic rings. The number of rotatable bonds is 3. The standard InChI is InChI=1S/C10H16N4S/c1-15-10-5-9(12-7-13-10)14-8-3-2-4-11-6-8/h5,7-8,11H,2-4,6H2,1H3,(H,12,13,14). The molecule has 1 saturated heterocycles. The summed E-state index contributed by atoms with van der Waals surface area (Å²) in [5, 5.41) is 7.81. The normalized spacial score (nSPS) is 21.3. The lowest BCUT2D eigenvalue weighted by Gasteiger charge is -2.24. The summed E-state index contributed by atoms with van der Waals surface area (Å²) in [5.41, 5.74) is 0. The molecule has 0 aliphatic carbocycles. The van der Waals surface area contributed by atoms with Crippen LogP contribution in [-0.4, -0.2) is 35.4 Å². The van der Waals surface area contributed by atoms with Crippen molar-refractivity contribution in [2.24, 2.45) is 0 Å². The van der Waals surface area contributed by atoms with E-state index < -0.39 is 0 Å². The number of nitrogens with one attached hydrogen (secondary N) is 2. The van der Waals surface area contributed by atoms with Crippen molar-refractivity contribution in [2.45, 2.75) is 23.9 Å². The Balaban J connectivity index is 1.96. The van der Waals surface area contributed by atoms with E-state index in [1.54, 1.807) is 18.1 Å². The van der Waals surface area contributed by atoms with E-state index in [2.05, 4.69) is 20.6 Å². The van der Waals surface area contributed by atoms with Crippen molar-refractivity contribution < 1.29 is 0 Å². The lowest BCUT2D eigenvalue weighted by atomic mass is 10.1. The minimum absolute atomic E-state index is 0.503. The Morgan fingerprint density at radius 2 is 2.47 bits per heavy atom. The van der Waals surface area contributed by atoms with Crippen molar-refractivity contribution in [2.75, 3.05) is 24.7 Å². The second kappa shape index (κ2) is 5.32. The molecule has 1 unspecified atom stereocenters. The van der Waals surface area contributed by atoms with Crippen LogP contribution in [0.25, 0.3) is 0 Å². The first-order valence-corrected chi connectivity index (χ1v) is 6.44. The van der Waals surface area contributed by atoms with Gasteiger partial charge in [0.2, 0.25) is 0 Å². The third-order valence-electron chi connectivity index (χ3n) is 2.50. The molecule has 2 rings (SSSR count). The number of anilines is 1. The van der Waals surface area contributed by atoms with Crippen molar-refractivity contribution in [3.8, 4) is 0 Å². The summed E-state index contributed by atoms with van der Waals surface area (Å²) in [6.45, 7) is 2.16. The van der Waals surface area contributed by atoms with E-state index in [9.17, 15) is 0 Å². The number of piperidine rings is 1. The maximum Gasteiger partial charge on any atom is 0.130 e. The van der Waals surface area contributed by atoms with E-state index in [1.807, 2.05) is 12.3 Å². The zero-order chi connectivity index (χ0) is 10.5. The number of thioether (sulfide) groups is 1. The predicted octanol–water partition coefficient (Wildman–Crippen LogP) is 1.36. The molecule has 4 nitrogen and oxygen atoms in total. The molecule has 1 aliphatic rings. The quantitative estimate of drug-likeness (QED) is 0.600. The Kier molecular flexibility index (Phi) is 3.80. The SMILES string of the molecule is CSc1cc(NC2CCCNC2)ncn1. The Bertz CT molecular complexity index is 312. The highest BCUT2D eigenvalue weighted by Gasteiger charge is 2.12. The molecule has 0 spiro atoms. The third kappa shape index (κ3) is 3.07. The Morgan fingerprint density at radius 1 is 1.53 bits per heavy atom. The van der Waals surface area contributed by atoms with Gasteiger partial charge in [0.15, 0.2) is 0 Å². The van der Waals surface area contributed by atoms with Crippen LogP contribution in [0, 0.1) is 0 Å². The summed E-state index contributed by atoms with van der Waals surface area (Å²) in [7, 11) is 0. The molecular formula is C10H16N4S. The van der Waals surface area contributed by atoms with Gasteiger partial charge in [-0.3, -0.25) is 0 Å². The average molecular weight is 224 g/mol. The van der Waals surface area contributed by atoms with E-state index >= 15 is 0 Å². The van der Waals surface area contributed by atoms with Crippen LogP contribution < -0.4 is 10.6 Å². The van der Waals surface area contributed by atoms with Crippen molar-refractivity contribution in [1.29, 1.82) is 0 Å². The zero-order valence-corrected chi connectivity index (χ0v) is 9.68. The van der Waals surface area contributed by atoms with Gasteiger partial charge in [-0.2, -0.15) is 0 Å². The van der Waals surface area contributed by atoms with Crippen LogP contribution in [0.1, 0.15) is 12.8 Å². The minimum atomic E-state index is 0.503. The summed E-state index contributed by atoms with van der Waals surface area (Å²) >= 11 is 1.64. The van der Waals surface area contributed by atoms with Crippen molar-refractivity contribution in [3.63, 3.8) is 0 Å². The zero-order valence-electron chi connectivity index (χ0n) is 8.86. The summed E-state index contributed by atoms with van der Waals surface area (Å²) < 4.78 is 0. The summed E-state index contributed by atoms with van der Waals surface area (Å²) in [4.78, 5) is 8.37. The first-order valence-electron chi connectivity index (χ1n) is 5.22. The fourth-order valence-corrected chi connectivity index (χ4v) is 2.10. The van der Waals surface area contributed by atoms with E-state index in [0.29, 0.717) is 6.04 Å². The molecule has 0 amide bonds. The fraction of sp³-hybridized carbons (Fsp3) is 0.600. The van der Waals surface area contributed by atoms with Crippen molar-refractivity contribution in [3.05, 3.63) is 12.4 Å². The van der Waals surface area contributed by atoms with Crippen LogP contribution in [0.15, 0.2) is 17.4 Å². The van der Waals surface area contributed by atoms with Crippen LogP contribution in [0.3, 0.4) is 0 Å².